The summed E-state index contributed by atoms with van der Waals surface area (Å²) in [4.78, 5) is 2.56. The summed E-state index contributed by atoms with van der Waals surface area (Å²) in [6.45, 7) is 7.43. The van der Waals surface area contributed by atoms with Crippen LogP contribution in [0.5, 0.6) is 0 Å². The van der Waals surface area contributed by atoms with Gasteiger partial charge in [-0.25, -0.2) is 0 Å². The molecule has 0 atom stereocenters. The molecule has 1 nitrogen and oxygen atoms in total. The van der Waals surface area contributed by atoms with Crippen molar-refractivity contribution in [3.63, 3.8) is 0 Å². The van der Waals surface area contributed by atoms with Crippen molar-refractivity contribution < 1.29 is 0 Å². The van der Waals surface area contributed by atoms with Crippen molar-refractivity contribution >= 4 is 16.7 Å². The van der Waals surface area contributed by atoms with Crippen molar-refractivity contribution in [3.05, 3.63) is 72.3 Å². The Morgan fingerprint density at radius 2 is 1.52 bits per heavy atom. The molecular formula is C19H23NS. The summed E-state index contributed by atoms with van der Waals surface area (Å²) in [6, 6.07) is 21.1. The summed E-state index contributed by atoms with van der Waals surface area (Å²) < 4.78 is 0. The lowest BCUT2D eigenvalue weighted by Crippen LogP contribution is -2.35. The van der Waals surface area contributed by atoms with E-state index in [1.807, 2.05) is 11.8 Å². The van der Waals surface area contributed by atoms with Gasteiger partial charge in [0, 0.05) is 21.9 Å². The van der Waals surface area contributed by atoms with Crippen molar-refractivity contribution in [3.8, 4) is 0 Å². The molecule has 0 saturated carbocycles. The molecule has 1 N–H and O–H groups in total. The highest BCUT2D eigenvalue weighted by atomic mass is 32.2. The highest BCUT2D eigenvalue weighted by Gasteiger charge is 2.08. The Bertz CT molecular complexity index is 568. The molecule has 2 aromatic rings. The summed E-state index contributed by atoms with van der Waals surface area (Å²) in [5.74, 6) is 0. The summed E-state index contributed by atoms with van der Waals surface area (Å²) >= 11 is 1.81. The van der Waals surface area contributed by atoms with Gasteiger partial charge < -0.3 is 5.32 Å². The average molecular weight is 297 g/mol. The van der Waals surface area contributed by atoms with E-state index < -0.39 is 0 Å². The Hall–Kier alpha value is -1.51. The molecule has 0 aliphatic rings. The standard InChI is InChI=1S/C19H23NS/c1-19(2,3)20-15-14-18(16-10-6-4-7-11-16)21-17-12-8-5-9-13-17/h4-14,20H,15H2,1-3H3/b18-14-. The molecule has 0 saturated heterocycles. The second-order valence-corrected chi connectivity index (χ2v) is 7.10. The lowest BCUT2D eigenvalue weighted by atomic mass is 10.1. The Kier molecular flexibility index (Phi) is 5.66. The highest BCUT2D eigenvalue weighted by Crippen LogP contribution is 2.33. The maximum atomic E-state index is 3.52. The van der Waals surface area contributed by atoms with Gasteiger partial charge in [0.2, 0.25) is 0 Å². The zero-order valence-electron chi connectivity index (χ0n) is 13.0. The highest BCUT2D eigenvalue weighted by molar-refractivity contribution is 8.08. The predicted molar refractivity (Wildman–Crippen MR) is 94.5 cm³/mol. The molecule has 2 heteroatoms. The van der Waals surface area contributed by atoms with Gasteiger partial charge in [-0.2, -0.15) is 0 Å². The minimum absolute atomic E-state index is 0.135. The van der Waals surface area contributed by atoms with E-state index in [2.05, 4.69) is 92.8 Å². The smallest absolute Gasteiger partial charge is 0.0167 e. The zero-order valence-corrected chi connectivity index (χ0v) is 13.8. The van der Waals surface area contributed by atoms with Gasteiger partial charge in [-0.1, -0.05) is 66.4 Å². The van der Waals surface area contributed by atoms with E-state index in [4.69, 9.17) is 0 Å². The van der Waals surface area contributed by atoms with Crippen LogP contribution in [0.4, 0.5) is 0 Å². The molecule has 2 rings (SSSR count). The molecule has 0 radical (unpaired) electrons. The van der Waals surface area contributed by atoms with Crippen molar-refractivity contribution in [2.24, 2.45) is 0 Å². The minimum atomic E-state index is 0.135. The van der Waals surface area contributed by atoms with Gasteiger partial charge in [0.05, 0.1) is 0 Å². The molecule has 0 fully saturated rings. The van der Waals surface area contributed by atoms with Crippen LogP contribution in [0.3, 0.4) is 0 Å². The van der Waals surface area contributed by atoms with Gasteiger partial charge in [-0.3, -0.25) is 0 Å². The quantitative estimate of drug-likeness (QED) is 0.760. The van der Waals surface area contributed by atoms with Gasteiger partial charge in [-0.05, 0) is 38.5 Å². The SMILES string of the molecule is CC(C)(C)NC/C=C(\Sc1ccccc1)c1ccccc1. The molecule has 0 spiro atoms. The van der Waals surface area contributed by atoms with Gasteiger partial charge in [0.15, 0.2) is 0 Å². The number of hydrogen-bond donors (Lipinski definition) is 1. The fourth-order valence-electron chi connectivity index (χ4n) is 1.89. The molecule has 0 bridgehead atoms. The molecule has 110 valence electrons. The first-order chi connectivity index (χ1) is 10.0. The maximum Gasteiger partial charge on any atom is 0.0167 e. The number of rotatable bonds is 5. The van der Waals surface area contributed by atoms with Crippen LogP contribution >= 0.6 is 11.8 Å². The molecule has 2 aromatic carbocycles. The molecule has 0 aromatic heterocycles. The van der Waals surface area contributed by atoms with Crippen molar-refractivity contribution in [2.45, 2.75) is 31.2 Å². The monoisotopic (exact) mass is 297 g/mol. The van der Waals surface area contributed by atoms with Gasteiger partial charge >= 0.3 is 0 Å². The third-order valence-corrected chi connectivity index (χ3v) is 4.08. The third kappa shape index (κ3) is 5.78. The second kappa shape index (κ2) is 7.48. The van der Waals surface area contributed by atoms with Gasteiger partial charge in [-0.15, -0.1) is 0 Å². The van der Waals surface area contributed by atoms with Crippen molar-refractivity contribution in [1.82, 2.24) is 5.32 Å². The summed E-state index contributed by atoms with van der Waals surface area (Å²) in [6.07, 6.45) is 2.28. The fraction of sp³-hybridized carbons (Fsp3) is 0.263. The summed E-state index contributed by atoms with van der Waals surface area (Å²) in [7, 11) is 0. The first kappa shape index (κ1) is 15.9. The lowest BCUT2D eigenvalue weighted by molar-refractivity contribution is 0.450. The van der Waals surface area contributed by atoms with Crippen LogP contribution in [0.15, 0.2) is 71.6 Å². The fourth-order valence-corrected chi connectivity index (χ4v) is 2.85. The maximum absolute atomic E-state index is 3.52. The molecule has 21 heavy (non-hydrogen) atoms. The lowest BCUT2D eigenvalue weighted by Gasteiger charge is -2.19. The van der Waals surface area contributed by atoms with Crippen molar-refractivity contribution in [2.75, 3.05) is 6.54 Å². The summed E-state index contributed by atoms with van der Waals surface area (Å²) in [5, 5.41) is 3.52. The van der Waals surface area contributed by atoms with E-state index in [1.165, 1.54) is 15.4 Å². The van der Waals surface area contributed by atoms with Crippen LogP contribution in [-0.2, 0) is 0 Å². The summed E-state index contributed by atoms with van der Waals surface area (Å²) in [5.41, 5.74) is 1.40. The molecule has 0 heterocycles. The molecule has 0 amide bonds. The Labute approximate surface area is 132 Å². The van der Waals surface area contributed by atoms with Crippen LogP contribution < -0.4 is 5.32 Å². The van der Waals surface area contributed by atoms with E-state index in [9.17, 15) is 0 Å². The van der Waals surface area contributed by atoms with E-state index in [-0.39, 0.29) is 5.54 Å². The number of benzene rings is 2. The van der Waals surface area contributed by atoms with E-state index >= 15 is 0 Å². The van der Waals surface area contributed by atoms with E-state index in [1.54, 1.807) is 0 Å². The van der Waals surface area contributed by atoms with Gasteiger partial charge in [0.1, 0.15) is 0 Å². The number of nitrogens with one attached hydrogen (secondary N) is 1. The first-order valence-electron chi connectivity index (χ1n) is 7.28. The molecule has 0 aliphatic carbocycles. The third-order valence-electron chi connectivity index (χ3n) is 2.95. The largest absolute Gasteiger partial charge is 0.309 e. The topological polar surface area (TPSA) is 12.0 Å². The predicted octanol–water partition coefficient (Wildman–Crippen LogP) is 5.21. The average Bonchev–Trinajstić information content (AvgIpc) is 2.47. The second-order valence-electron chi connectivity index (χ2n) is 5.98. The van der Waals surface area contributed by atoms with Crippen LogP contribution in [0.1, 0.15) is 26.3 Å². The van der Waals surface area contributed by atoms with Crippen LogP contribution in [-0.4, -0.2) is 12.1 Å². The van der Waals surface area contributed by atoms with Crippen LogP contribution in [0.25, 0.3) is 4.91 Å². The number of thioether (sulfide) groups is 1. The number of hydrogen-bond acceptors (Lipinski definition) is 2. The van der Waals surface area contributed by atoms with Crippen molar-refractivity contribution in [1.29, 1.82) is 0 Å². The van der Waals surface area contributed by atoms with E-state index in [0.717, 1.165) is 6.54 Å². The minimum Gasteiger partial charge on any atom is -0.309 e. The zero-order chi connectivity index (χ0) is 15.1. The Balaban J connectivity index is 2.17. The van der Waals surface area contributed by atoms with Crippen LogP contribution in [0, 0.1) is 0 Å². The van der Waals surface area contributed by atoms with Gasteiger partial charge in [0.25, 0.3) is 0 Å². The Morgan fingerprint density at radius 1 is 0.952 bits per heavy atom. The van der Waals surface area contributed by atoms with E-state index in [0.29, 0.717) is 0 Å². The first-order valence-corrected chi connectivity index (χ1v) is 8.10. The molecule has 0 aliphatic heterocycles. The molecule has 0 unspecified atom stereocenters. The Morgan fingerprint density at radius 3 is 2.10 bits per heavy atom. The molecular weight excluding hydrogens is 274 g/mol. The normalized spacial score (nSPS) is 12.4. The van der Waals surface area contributed by atoms with Crippen LogP contribution in [0.2, 0.25) is 0 Å².